The minimum Gasteiger partial charge on any atom is -0.398 e. The molecule has 0 amide bonds. The monoisotopic (exact) mass is 331 g/mol. The van der Waals surface area contributed by atoms with Gasteiger partial charge in [-0.2, -0.15) is 11.3 Å². The van der Waals surface area contributed by atoms with E-state index in [9.17, 15) is 0 Å². The fraction of sp³-hybridized carbons (Fsp3) is 0.235. The number of benzene rings is 1. The molecule has 0 saturated heterocycles. The van der Waals surface area contributed by atoms with Crippen LogP contribution in [0.2, 0.25) is 0 Å². The van der Waals surface area contributed by atoms with E-state index >= 15 is 0 Å². The fourth-order valence-corrected chi connectivity index (χ4v) is 3.51. The number of rotatable bonds is 6. The topological polar surface area (TPSA) is 41.6 Å². The Morgan fingerprint density at radius 3 is 2.82 bits per heavy atom. The van der Waals surface area contributed by atoms with E-state index in [4.69, 9.17) is 5.73 Å². The molecule has 0 aliphatic rings. The fourth-order valence-electron chi connectivity index (χ4n) is 2.01. The van der Waals surface area contributed by atoms with Gasteiger partial charge in [0.2, 0.25) is 0 Å². The number of anilines is 1. The molecule has 0 unspecified atom stereocenters. The first-order valence-electron chi connectivity index (χ1n) is 7.04. The Kier molecular flexibility index (Phi) is 5.69. The molecule has 3 nitrogen and oxygen atoms in total. The molecule has 1 aromatic carbocycles. The molecule has 2 N–H and O–H groups in total. The first kappa shape index (κ1) is 16.6. The molecule has 0 aliphatic carbocycles. The Labute approximate surface area is 140 Å². The predicted molar refractivity (Wildman–Crippen MR) is 102 cm³/mol. The molecule has 0 fully saturated rings. The number of thiophene rings is 1. The second kappa shape index (κ2) is 7.51. The molecule has 0 radical (unpaired) electrons. The van der Waals surface area contributed by atoms with Crippen LogP contribution in [0.25, 0.3) is 16.7 Å². The van der Waals surface area contributed by atoms with Crippen LogP contribution in [0.15, 0.2) is 44.8 Å². The summed E-state index contributed by atoms with van der Waals surface area (Å²) in [6.45, 7) is 6.22. The van der Waals surface area contributed by atoms with Crippen molar-refractivity contribution in [1.29, 1.82) is 0 Å². The van der Waals surface area contributed by atoms with Crippen LogP contribution in [0.3, 0.4) is 0 Å². The highest BCUT2D eigenvalue weighted by molar-refractivity contribution is 7.98. The Balaban J connectivity index is 2.49. The van der Waals surface area contributed by atoms with Crippen LogP contribution in [0.4, 0.5) is 5.69 Å². The third-order valence-electron chi connectivity index (χ3n) is 3.21. The summed E-state index contributed by atoms with van der Waals surface area (Å²) < 4.78 is 4.41. The Morgan fingerprint density at radius 2 is 2.23 bits per heavy atom. The third-order valence-corrected chi connectivity index (χ3v) is 4.61. The highest BCUT2D eigenvalue weighted by atomic mass is 32.2. The van der Waals surface area contributed by atoms with Gasteiger partial charge in [0.05, 0.1) is 6.34 Å². The zero-order valence-electron chi connectivity index (χ0n) is 13.2. The molecule has 0 saturated carbocycles. The maximum atomic E-state index is 6.33. The van der Waals surface area contributed by atoms with Crippen LogP contribution in [-0.4, -0.2) is 25.3 Å². The Morgan fingerprint density at radius 1 is 1.45 bits per heavy atom. The lowest BCUT2D eigenvalue weighted by atomic mass is 9.99. The first-order valence-corrected chi connectivity index (χ1v) is 8.75. The third kappa shape index (κ3) is 3.93. The second-order valence-electron chi connectivity index (χ2n) is 5.18. The summed E-state index contributed by atoms with van der Waals surface area (Å²) in [4.78, 5) is 2.97. The van der Waals surface area contributed by atoms with E-state index in [1.165, 1.54) is 11.9 Å². The highest BCUT2D eigenvalue weighted by Crippen LogP contribution is 2.39. The second-order valence-corrected chi connectivity index (χ2v) is 6.80. The number of allylic oxidation sites excluding steroid dienone is 1. The standard InChI is InChI=1S/C17H21N3S2/c1-5-12(2)14-8-15(18)17(13-6-7-21-10-13)16(9-14)22-19-11-20(3)4/h6-11H,2,5,18H2,1,3-4H3. The van der Waals surface area contributed by atoms with Gasteiger partial charge in [0.25, 0.3) is 0 Å². The highest BCUT2D eigenvalue weighted by Gasteiger charge is 2.13. The van der Waals surface area contributed by atoms with E-state index in [1.807, 2.05) is 25.1 Å². The molecule has 0 bridgehead atoms. The quantitative estimate of drug-likeness (QED) is 0.350. The predicted octanol–water partition coefficient (Wildman–Crippen LogP) is 5.02. The van der Waals surface area contributed by atoms with E-state index in [1.54, 1.807) is 17.7 Å². The summed E-state index contributed by atoms with van der Waals surface area (Å²) in [6.07, 6.45) is 2.70. The lowest BCUT2D eigenvalue weighted by Crippen LogP contribution is -2.06. The molecule has 2 aromatic rings. The number of hydrogen-bond donors (Lipinski definition) is 1. The minimum atomic E-state index is 0.771. The van der Waals surface area contributed by atoms with Crippen molar-refractivity contribution in [2.24, 2.45) is 4.40 Å². The lowest BCUT2D eigenvalue weighted by molar-refractivity contribution is 0.645. The molecule has 116 valence electrons. The van der Waals surface area contributed by atoms with Gasteiger partial charge in [0.1, 0.15) is 0 Å². The molecule has 0 aliphatic heterocycles. The van der Waals surface area contributed by atoms with Crippen molar-refractivity contribution in [2.45, 2.75) is 18.2 Å². The van der Waals surface area contributed by atoms with Gasteiger partial charge >= 0.3 is 0 Å². The average molecular weight is 332 g/mol. The Hall–Kier alpha value is -1.72. The normalized spacial score (nSPS) is 11.0. The van der Waals surface area contributed by atoms with E-state index in [0.29, 0.717) is 0 Å². The van der Waals surface area contributed by atoms with Gasteiger partial charge in [-0.1, -0.05) is 13.5 Å². The maximum Gasteiger partial charge on any atom is 0.0988 e. The van der Waals surface area contributed by atoms with Crippen molar-refractivity contribution >= 4 is 40.9 Å². The zero-order valence-corrected chi connectivity index (χ0v) is 14.8. The van der Waals surface area contributed by atoms with Crippen molar-refractivity contribution in [3.63, 3.8) is 0 Å². The molecule has 22 heavy (non-hydrogen) atoms. The van der Waals surface area contributed by atoms with Crippen molar-refractivity contribution in [1.82, 2.24) is 4.90 Å². The number of nitrogens with two attached hydrogens (primary N) is 1. The van der Waals surface area contributed by atoms with Crippen molar-refractivity contribution in [3.05, 3.63) is 41.1 Å². The van der Waals surface area contributed by atoms with Crippen molar-refractivity contribution < 1.29 is 0 Å². The number of hydrogen-bond acceptors (Lipinski definition) is 4. The lowest BCUT2D eigenvalue weighted by Gasteiger charge is -2.13. The minimum absolute atomic E-state index is 0.771. The van der Waals surface area contributed by atoms with Gasteiger partial charge in [0.15, 0.2) is 0 Å². The zero-order chi connectivity index (χ0) is 16.1. The SMILES string of the molecule is C=C(CC)c1cc(N)c(-c2ccsc2)c(SN=CN(C)C)c1. The van der Waals surface area contributed by atoms with Gasteiger partial charge in [-0.3, -0.25) is 0 Å². The molecule has 1 aromatic heterocycles. The number of nitrogens with zero attached hydrogens (tertiary/aromatic N) is 2. The molecular weight excluding hydrogens is 310 g/mol. The summed E-state index contributed by atoms with van der Waals surface area (Å²) in [5.74, 6) is 0. The summed E-state index contributed by atoms with van der Waals surface area (Å²) in [6, 6.07) is 6.23. The van der Waals surface area contributed by atoms with Gasteiger partial charge < -0.3 is 10.6 Å². The molecule has 0 atom stereocenters. The summed E-state index contributed by atoms with van der Waals surface area (Å²) >= 11 is 3.11. The van der Waals surface area contributed by atoms with Crippen LogP contribution in [0.1, 0.15) is 18.9 Å². The van der Waals surface area contributed by atoms with Crippen LogP contribution in [-0.2, 0) is 0 Å². The molecule has 2 rings (SSSR count). The van der Waals surface area contributed by atoms with Crippen LogP contribution in [0.5, 0.6) is 0 Å². The van der Waals surface area contributed by atoms with Crippen LogP contribution in [0, 0.1) is 0 Å². The Bertz CT molecular complexity index is 673. The molecule has 5 heteroatoms. The molecule has 0 spiro atoms. The van der Waals surface area contributed by atoms with E-state index < -0.39 is 0 Å². The van der Waals surface area contributed by atoms with Gasteiger partial charge in [0, 0.05) is 42.2 Å². The average Bonchev–Trinajstić information content (AvgIpc) is 2.99. The van der Waals surface area contributed by atoms with Crippen molar-refractivity contribution in [3.8, 4) is 11.1 Å². The van der Waals surface area contributed by atoms with Crippen LogP contribution >= 0.6 is 23.3 Å². The van der Waals surface area contributed by atoms with Crippen molar-refractivity contribution in [2.75, 3.05) is 19.8 Å². The van der Waals surface area contributed by atoms with E-state index in [0.717, 1.165) is 39.3 Å². The summed E-state index contributed by atoms with van der Waals surface area (Å²) in [5, 5.41) is 4.17. The maximum absolute atomic E-state index is 6.33. The number of nitrogen functional groups attached to an aromatic ring is 1. The smallest absolute Gasteiger partial charge is 0.0988 e. The van der Waals surface area contributed by atoms with Crippen LogP contribution < -0.4 is 5.73 Å². The largest absolute Gasteiger partial charge is 0.398 e. The molecule has 1 heterocycles. The van der Waals surface area contributed by atoms with E-state index in [2.05, 4.69) is 40.8 Å². The first-order chi connectivity index (χ1) is 10.5. The van der Waals surface area contributed by atoms with Gasteiger partial charge in [-0.25, -0.2) is 4.40 Å². The summed E-state index contributed by atoms with van der Waals surface area (Å²) in [5.41, 5.74) is 11.5. The van der Waals surface area contributed by atoms with Gasteiger partial charge in [-0.15, -0.1) is 0 Å². The van der Waals surface area contributed by atoms with E-state index in [-0.39, 0.29) is 0 Å². The van der Waals surface area contributed by atoms with Gasteiger partial charge in [-0.05, 0) is 52.1 Å². The molecular formula is C17H21N3S2. The summed E-state index contributed by atoms with van der Waals surface area (Å²) in [7, 11) is 3.90.